The number of hydrogen-bond acceptors (Lipinski definition) is 9. The summed E-state index contributed by atoms with van der Waals surface area (Å²) in [4.78, 5) is 59.1. The van der Waals surface area contributed by atoms with Gasteiger partial charge in [-0.25, -0.2) is 15.8 Å². The van der Waals surface area contributed by atoms with Gasteiger partial charge in [0.25, 0.3) is 23.6 Å². The second-order valence-electron chi connectivity index (χ2n) is 16.5. The highest BCUT2D eigenvalue weighted by molar-refractivity contribution is 6.00. The molecule has 0 radical (unpaired) electrons. The summed E-state index contributed by atoms with van der Waals surface area (Å²) < 4.78 is 5.47. The van der Waals surface area contributed by atoms with Crippen LogP contribution >= 0.6 is 0 Å². The second kappa shape index (κ2) is 21.0. The minimum absolute atomic E-state index is 0.0228. The minimum Gasteiger partial charge on any atom is -0.371 e. The molecule has 3 fully saturated rings. The summed E-state index contributed by atoms with van der Waals surface area (Å²) in [5.41, 5.74) is 8.56. The molecule has 13 heteroatoms. The summed E-state index contributed by atoms with van der Waals surface area (Å²) in [6.07, 6.45) is 5.96. The van der Waals surface area contributed by atoms with Crippen molar-refractivity contribution < 1.29 is 34.0 Å². The van der Waals surface area contributed by atoms with Crippen LogP contribution in [0.3, 0.4) is 0 Å². The Kier molecular flexibility index (Phi) is 14.4. The van der Waals surface area contributed by atoms with Gasteiger partial charge in [-0.15, -0.1) is 0 Å². The van der Waals surface area contributed by atoms with Gasteiger partial charge in [0.15, 0.2) is 6.29 Å². The number of carbonyl (C=O) groups excluding carboxylic acids is 4. The average Bonchev–Trinajstić information content (AvgIpc) is 3.36. The number of fused-ring (bicyclic) bond motifs is 2. The minimum atomic E-state index is -0.522. The lowest BCUT2D eigenvalue weighted by atomic mass is 10.0. The Morgan fingerprint density at radius 3 is 1.38 bits per heavy atom. The third kappa shape index (κ3) is 11.2. The molecule has 13 nitrogen and oxygen atoms in total. The van der Waals surface area contributed by atoms with Gasteiger partial charge >= 0.3 is 0 Å². The number of rotatable bonds is 10. The topological polar surface area (TPSA) is 162 Å². The summed E-state index contributed by atoms with van der Waals surface area (Å²) in [6, 6.07) is 42.6. The van der Waals surface area contributed by atoms with Crippen LogP contribution in [0.2, 0.25) is 0 Å². The fourth-order valence-corrected chi connectivity index (χ4v) is 8.46. The van der Waals surface area contributed by atoms with Crippen LogP contribution in [0.25, 0.3) is 21.5 Å². The number of carbonyl (C=O) groups is 4. The Bertz CT molecular complexity index is 2550. The molecule has 0 aliphatic carbocycles. The molecular formula is C51H54N6O7. The van der Waals surface area contributed by atoms with E-state index in [-0.39, 0.29) is 36.1 Å². The van der Waals surface area contributed by atoms with Crippen molar-refractivity contribution in [2.24, 2.45) is 0 Å². The number of benzene rings is 6. The molecule has 6 aromatic carbocycles. The molecular weight excluding hydrogens is 809 g/mol. The van der Waals surface area contributed by atoms with Crippen molar-refractivity contribution in [3.8, 4) is 0 Å². The fourth-order valence-electron chi connectivity index (χ4n) is 8.46. The number of amides is 4. The predicted molar refractivity (Wildman–Crippen MR) is 248 cm³/mol. The molecule has 3 heterocycles. The zero-order chi connectivity index (χ0) is 44.3. The first-order chi connectivity index (χ1) is 31.3. The third-order valence-corrected chi connectivity index (χ3v) is 12.2. The first kappa shape index (κ1) is 43.8. The molecule has 6 aromatic rings. The Morgan fingerprint density at radius 1 is 0.500 bits per heavy atom. The third-order valence-electron chi connectivity index (χ3n) is 12.2. The van der Waals surface area contributed by atoms with Gasteiger partial charge in [-0.2, -0.15) is 0 Å². The lowest BCUT2D eigenvalue weighted by Crippen LogP contribution is -2.44. The molecule has 64 heavy (non-hydrogen) atoms. The maximum absolute atomic E-state index is 12.8. The molecule has 9 rings (SSSR count). The van der Waals surface area contributed by atoms with E-state index < -0.39 is 5.91 Å². The maximum atomic E-state index is 12.8. The molecule has 0 bridgehead atoms. The molecule has 3 aliphatic rings. The van der Waals surface area contributed by atoms with Crippen molar-refractivity contribution in [1.29, 1.82) is 0 Å². The molecule has 3 aliphatic heterocycles. The molecule has 0 aromatic heterocycles. The van der Waals surface area contributed by atoms with Gasteiger partial charge in [0.1, 0.15) is 0 Å². The highest BCUT2D eigenvalue weighted by Crippen LogP contribution is 2.24. The SMILES string of the molecule is O=C(NO)c1ccc(N2CCC(NC(=O)c3ccc4ccccc4c3)CC2)cc1.O=C(NOC1CCCCO1)c1ccc(N2CCC(NC(=O)c3ccc4ccccc4c3)CC2)cc1. The second-order valence-corrected chi connectivity index (χ2v) is 16.5. The molecule has 1 unspecified atom stereocenters. The number of nitrogens with one attached hydrogen (secondary N) is 4. The lowest BCUT2D eigenvalue weighted by molar-refractivity contribution is -0.186. The quantitative estimate of drug-likeness (QED) is 0.0685. The summed E-state index contributed by atoms with van der Waals surface area (Å²) >= 11 is 0. The van der Waals surface area contributed by atoms with Crippen LogP contribution in [-0.4, -0.2) is 80.0 Å². The molecule has 330 valence electrons. The lowest BCUT2D eigenvalue weighted by Gasteiger charge is -2.34. The van der Waals surface area contributed by atoms with E-state index in [0.717, 1.165) is 104 Å². The largest absolute Gasteiger partial charge is 0.371 e. The van der Waals surface area contributed by atoms with E-state index in [4.69, 9.17) is 14.8 Å². The van der Waals surface area contributed by atoms with Crippen LogP contribution in [-0.2, 0) is 9.57 Å². The Balaban J connectivity index is 0.000000178. The van der Waals surface area contributed by atoms with Gasteiger partial charge in [-0.1, -0.05) is 60.7 Å². The number of hydroxylamine groups is 2. The van der Waals surface area contributed by atoms with Gasteiger partial charge in [0.05, 0.1) is 0 Å². The first-order valence-corrected chi connectivity index (χ1v) is 22.1. The molecule has 1 atom stereocenters. The Hall–Kier alpha value is -6.80. The van der Waals surface area contributed by atoms with Crippen LogP contribution in [0, 0.1) is 0 Å². The highest BCUT2D eigenvalue weighted by atomic mass is 16.8. The van der Waals surface area contributed by atoms with E-state index >= 15 is 0 Å². The van der Waals surface area contributed by atoms with Gasteiger partial charge in [-0.05, 0) is 133 Å². The summed E-state index contributed by atoms with van der Waals surface area (Å²) in [5.74, 6) is -0.855. The van der Waals surface area contributed by atoms with Crippen molar-refractivity contribution in [1.82, 2.24) is 21.6 Å². The van der Waals surface area contributed by atoms with E-state index in [9.17, 15) is 19.2 Å². The average molecular weight is 863 g/mol. The predicted octanol–water partition coefficient (Wildman–Crippen LogP) is 7.78. The van der Waals surface area contributed by atoms with Crippen molar-refractivity contribution in [2.75, 3.05) is 42.6 Å². The van der Waals surface area contributed by atoms with E-state index in [1.165, 1.54) is 0 Å². The van der Waals surface area contributed by atoms with Crippen molar-refractivity contribution in [3.63, 3.8) is 0 Å². The summed E-state index contributed by atoms with van der Waals surface area (Å²) in [7, 11) is 0. The highest BCUT2D eigenvalue weighted by Gasteiger charge is 2.24. The molecule has 0 spiro atoms. The standard InChI is InChI=1S/C28H31N3O4.C23H23N3O3/c32-27(23-9-8-20-5-1-2-6-22(20)19-23)29-24-14-16-31(17-15-24)25-12-10-21(11-13-25)28(33)30-35-26-7-3-4-18-34-26;27-22(19-6-5-16-3-1-2-4-18(16)15-19)24-20-11-13-26(14-12-20)21-9-7-17(8-10-21)23(28)25-29/h1-2,5-6,8-13,19,24,26H,3-4,7,14-18H2,(H,29,32)(H,30,33);1-10,15,20,29H,11-14H2,(H,24,27)(H,25,28). The van der Waals surface area contributed by atoms with Crippen LogP contribution in [0.1, 0.15) is 86.4 Å². The van der Waals surface area contributed by atoms with E-state index in [2.05, 4.69) is 25.9 Å². The Morgan fingerprint density at radius 2 is 0.938 bits per heavy atom. The van der Waals surface area contributed by atoms with Gasteiger partial charge in [0, 0.05) is 84.9 Å². The van der Waals surface area contributed by atoms with Gasteiger partial charge in [0.2, 0.25) is 0 Å². The number of anilines is 2. The van der Waals surface area contributed by atoms with E-state index in [1.54, 1.807) is 17.6 Å². The van der Waals surface area contributed by atoms with Crippen molar-refractivity contribution in [2.45, 2.75) is 63.3 Å². The first-order valence-electron chi connectivity index (χ1n) is 22.1. The number of piperidine rings is 2. The molecule has 3 saturated heterocycles. The maximum Gasteiger partial charge on any atom is 0.274 e. The number of hydrogen-bond donors (Lipinski definition) is 5. The summed E-state index contributed by atoms with van der Waals surface area (Å²) in [6.45, 7) is 4.01. The van der Waals surface area contributed by atoms with Gasteiger partial charge < -0.3 is 25.2 Å². The van der Waals surface area contributed by atoms with Crippen molar-refractivity contribution >= 4 is 56.5 Å². The van der Waals surface area contributed by atoms with Crippen LogP contribution in [0.15, 0.2) is 133 Å². The smallest absolute Gasteiger partial charge is 0.274 e. The van der Waals surface area contributed by atoms with Crippen molar-refractivity contribution in [3.05, 3.63) is 156 Å². The van der Waals surface area contributed by atoms with E-state index in [1.807, 2.05) is 121 Å². The van der Waals surface area contributed by atoms with E-state index in [0.29, 0.717) is 28.9 Å². The number of ether oxygens (including phenoxy) is 1. The van der Waals surface area contributed by atoms with Crippen LogP contribution in [0.4, 0.5) is 11.4 Å². The normalized spacial score (nSPS) is 16.9. The fraction of sp³-hybridized carbons (Fsp3) is 0.294. The molecule has 5 N–H and O–H groups in total. The van der Waals surface area contributed by atoms with Gasteiger partial charge in [-0.3, -0.25) is 24.4 Å². The number of nitrogens with zero attached hydrogens (tertiary/aromatic N) is 2. The van der Waals surface area contributed by atoms with Crippen LogP contribution in [0.5, 0.6) is 0 Å². The zero-order valence-corrected chi connectivity index (χ0v) is 35.7. The molecule has 4 amide bonds. The van der Waals surface area contributed by atoms with Crippen LogP contribution < -0.4 is 31.4 Å². The zero-order valence-electron chi connectivity index (χ0n) is 35.7. The molecule has 0 saturated carbocycles. The summed E-state index contributed by atoms with van der Waals surface area (Å²) in [5, 5.41) is 19.4. The monoisotopic (exact) mass is 862 g/mol. The Labute approximate surface area is 372 Å².